The second-order valence-electron chi connectivity index (χ2n) is 5.74. The first kappa shape index (κ1) is 15.2. The minimum atomic E-state index is -0.458. The van der Waals surface area contributed by atoms with Crippen LogP contribution in [0.15, 0.2) is 12.1 Å². The minimum absolute atomic E-state index is 0.143. The van der Waals surface area contributed by atoms with Gasteiger partial charge in [-0.05, 0) is 51.3 Å². The van der Waals surface area contributed by atoms with Crippen LogP contribution in [0.3, 0.4) is 0 Å². The molecule has 1 saturated heterocycles. The maximum absolute atomic E-state index is 14.2. The molecule has 1 N–H and O–H groups in total. The second kappa shape index (κ2) is 6.53. The zero-order valence-corrected chi connectivity index (χ0v) is 12.5. The summed E-state index contributed by atoms with van der Waals surface area (Å²) in [5.41, 5.74) is 0.645. The summed E-state index contributed by atoms with van der Waals surface area (Å²) in [4.78, 5) is 1.88. The molecule has 0 aliphatic carbocycles. The van der Waals surface area contributed by atoms with Crippen LogP contribution in [0.4, 0.5) is 14.5 Å². The highest BCUT2D eigenvalue weighted by Gasteiger charge is 2.29. The second-order valence-corrected chi connectivity index (χ2v) is 5.74. The normalized spacial score (nSPS) is 23.1. The summed E-state index contributed by atoms with van der Waals surface area (Å²) in [7, 11) is 0. The summed E-state index contributed by atoms with van der Waals surface area (Å²) < 4.78 is 28.2. The van der Waals surface area contributed by atoms with E-state index < -0.39 is 11.6 Å². The molecule has 1 heterocycles. The first-order chi connectivity index (χ1) is 9.54. The quantitative estimate of drug-likeness (QED) is 0.907. The smallest absolute Gasteiger partial charge is 0.152 e. The number of anilines is 1. The van der Waals surface area contributed by atoms with Gasteiger partial charge in [0.15, 0.2) is 5.82 Å². The predicted molar refractivity (Wildman–Crippen MR) is 79.2 cm³/mol. The van der Waals surface area contributed by atoms with Crippen molar-refractivity contribution in [3.63, 3.8) is 0 Å². The van der Waals surface area contributed by atoms with E-state index in [-0.39, 0.29) is 11.7 Å². The Bertz CT molecular complexity index is 462. The third kappa shape index (κ3) is 3.11. The average molecular weight is 282 g/mol. The number of halogens is 2. The Balaban J connectivity index is 2.14. The fourth-order valence-corrected chi connectivity index (χ4v) is 2.94. The van der Waals surface area contributed by atoms with Crippen molar-refractivity contribution in [1.82, 2.24) is 5.32 Å². The average Bonchev–Trinajstić information content (AvgIpc) is 2.43. The molecule has 1 aliphatic heterocycles. The lowest BCUT2D eigenvalue weighted by Gasteiger charge is -2.40. The topological polar surface area (TPSA) is 15.3 Å². The van der Waals surface area contributed by atoms with E-state index in [1.807, 2.05) is 11.8 Å². The van der Waals surface area contributed by atoms with Gasteiger partial charge in [-0.15, -0.1) is 0 Å². The zero-order valence-electron chi connectivity index (χ0n) is 12.5. The molecule has 112 valence electrons. The molecule has 0 radical (unpaired) electrons. The highest BCUT2D eigenvalue weighted by atomic mass is 19.1. The van der Waals surface area contributed by atoms with Gasteiger partial charge in [-0.2, -0.15) is 0 Å². The number of aryl methyl sites for hydroxylation is 1. The first-order valence-corrected chi connectivity index (χ1v) is 7.49. The van der Waals surface area contributed by atoms with E-state index in [0.29, 0.717) is 18.2 Å². The van der Waals surface area contributed by atoms with Gasteiger partial charge in [0.1, 0.15) is 11.5 Å². The third-order valence-electron chi connectivity index (χ3n) is 4.11. The van der Waals surface area contributed by atoms with E-state index in [0.717, 1.165) is 25.8 Å². The highest BCUT2D eigenvalue weighted by molar-refractivity contribution is 5.52. The van der Waals surface area contributed by atoms with E-state index in [1.54, 1.807) is 6.92 Å². The molecule has 0 spiro atoms. The number of hydrogen-bond acceptors (Lipinski definition) is 2. The van der Waals surface area contributed by atoms with Gasteiger partial charge in [0.05, 0.1) is 0 Å². The molecule has 2 atom stereocenters. The molecule has 1 aliphatic rings. The van der Waals surface area contributed by atoms with Crippen LogP contribution in [0, 0.1) is 18.6 Å². The number of nitrogens with one attached hydrogen (secondary N) is 1. The maximum atomic E-state index is 14.2. The molecular weight excluding hydrogens is 258 g/mol. The SMILES string of the molecule is CCCNC1CCN(c2c(F)ccc(C)c2F)C(C)C1. The Hall–Kier alpha value is -1.16. The van der Waals surface area contributed by atoms with E-state index in [2.05, 4.69) is 12.2 Å². The molecule has 1 aromatic rings. The van der Waals surface area contributed by atoms with E-state index >= 15 is 0 Å². The molecule has 4 heteroatoms. The number of nitrogens with zero attached hydrogens (tertiary/aromatic N) is 1. The standard InChI is InChI=1S/C16H24F2N2/c1-4-8-19-13-7-9-20(12(3)10-13)16-14(17)6-5-11(2)15(16)18/h5-6,12-13,19H,4,7-10H2,1-3H3. The van der Waals surface area contributed by atoms with Crippen LogP contribution in [0.25, 0.3) is 0 Å². The van der Waals surface area contributed by atoms with E-state index in [9.17, 15) is 8.78 Å². The Morgan fingerprint density at radius 1 is 1.35 bits per heavy atom. The lowest BCUT2D eigenvalue weighted by Crippen LogP contribution is -2.48. The van der Waals surface area contributed by atoms with E-state index in [4.69, 9.17) is 0 Å². The van der Waals surface area contributed by atoms with Gasteiger partial charge < -0.3 is 10.2 Å². The Labute approximate surface area is 120 Å². The summed E-state index contributed by atoms with van der Waals surface area (Å²) in [5, 5.41) is 3.50. The Morgan fingerprint density at radius 3 is 2.75 bits per heavy atom. The van der Waals surface area contributed by atoms with Crippen LogP contribution in [0.5, 0.6) is 0 Å². The summed E-state index contributed by atoms with van der Waals surface area (Å²) in [6.45, 7) is 7.56. The molecule has 1 fully saturated rings. The van der Waals surface area contributed by atoms with Crippen molar-refractivity contribution >= 4 is 5.69 Å². The lowest BCUT2D eigenvalue weighted by molar-refractivity contribution is 0.363. The molecule has 0 aromatic heterocycles. The van der Waals surface area contributed by atoms with Crippen molar-refractivity contribution in [2.24, 2.45) is 0 Å². The predicted octanol–water partition coefficient (Wildman–Crippen LogP) is 3.63. The van der Waals surface area contributed by atoms with Crippen LogP contribution >= 0.6 is 0 Å². The molecule has 20 heavy (non-hydrogen) atoms. The fourth-order valence-electron chi connectivity index (χ4n) is 2.94. The third-order valence-corrected chi connectivity index (χ3v) is 4.11. The van der Waals surface area contributed by atoms with Crippen LogP contribution in [0.1, 0.15) is 38.7 Å². The lowest BCUT2D eigenvalue weighted by atomic mass is 9.97. The number of piperidine rings is 1. The van der Waals surface area contributed by atoms with Crippen molar-refractivity contribution in [2.45, 2.75) is 52.1 Å². The molecule has 0 saturated carbocycles. The molecule has 0 bridgehead atoms. The summed E-state index contributed by atoms with van der Waals surface area (Å²) in [6.07, 6.45) is 2.96. The molecule has 2 unspecified atom stereocenters. The van der Waals surface area contributed by atoms with Gasteiger partial charge in [0.2, 0.25) is 0 Å². The number of rotatable bonds is 4. The first-order valence-electron chi connectivity index (χ1n) is 7.49. The van der Waals surface area contributed by atoms with Crippen LogP contribution in [-0.2, 0) is 0 Å². The van der Waals surface area contributed by atoms with Gasteiger partial charge in [-0.1, -0.05) is 13.0 Å². The van der Waals surface area contributed by atoms with Gasteiger partial charge in [-0.3, -0.25) is 0 Å². The van der Waals surface area contributed by atoms with Gasteiger partial charge >= 0.3 is 0 Å². The van der Waals surface area contributed by atoms with Gasteiger partial charge in [0, 0.05) is 18.6 Å². The highest BCUT2D eigenvalue weighted by Crippen LogP contribution is 2.31. The van der Waals surface area contributed by atoms with E-state index in [1.165, 1.54) is 12.1 Å². The summed E-state index contributed by atoms with van der Waals surface area (Å²) in [5.74, 6) is -0.878. The van der Waals surface area contributed by atoms with Crippen LogP contribution in [-0.4, -0.2) is 25.2 Å². The summed E-state index contributed by atoms with van der Waals surface area (Å²) in [6, 6.07) is 3.46. The fraction of sp³-hybridized carbons (Fsp3) is 0.625. The van der Waals surface area contributed by atoms with Crippen molar-refractivity contribution in [1.29, 1.82) is 0 Å². The molecule has 2 rings (SSSR count). The molecule has 0 amide bonds. The van der Waals surface area contributed by atoms with Crippen molar-refractivity contribution in [3.8, 4) is 0 Å². The van der Waals surface area contributed by atoms with Gasteiger partial charge in [0.25, 0.3) is 0 Å². The molecule has 2 nitrogen and oxygen atoms in total. The Morgan fingerprint density at radius 2 is 2.10 bits per heavy atom. The van der Waals surface area contributed by atoms with Crippen molar-refractivity contribution in [3.05, 3.63) is 29.3 Å². The number of hydrogen-bond donors (Lipinski definition) is 1. The van der Waals surface area contributed by atoms with Crippen molar-refractivity contribution < 1.29 is 8.78 Å². The molecule has 1 aromatic carbocycles. The van der Waals surface area contributed by atoms with Crippen molar-refractivity contribution in [2.75, 3.05) is 18.0 Å². The summed E-state index contributed by atoms with van der Waals surface area (Å²) >= 11 is 0. The number of benzene rings is 1. The minimum Gasteiger partial charge on any atom is -0.364 e. The van der Waals surface area contributed by atoms with Crippen LogP contribution in [0.2, 0.25) is 0 Å². The largest absolute Gasteiger partial charge is 0.364 e. The van der Waals surface area contributed by atoms with Gasteiger partial charge in [-0.25, -0.2) is 8.78 Å². The maximum Gasteiger partial charge on any atom is 0.152 e. The molecular formula is C16H24F2N2. The van der Waals surface area contributed by atoms with Crippen LogP contribution < -0.4 is 10.2 Å². The zero-order chi connectivity index (χ0) is 14.7. The Kier molecular flexibility index (Phi) is 4.97. The monoisotopic (exact) mass is 282 g/mol.